The number of aromatic nitrogens is 1. The third kappa shape index (κ3) is 2.59. The molecule has 0 aliphatic heterocycles. The van der Waals surface area contributed by atoms with Crippen LogP contribution in [0.1, 0.15) is 16.1 Å². The van der Waals surface area contributed by atoms with Gasteiger partial charge in [0, 0.05) is 18.8 Å². The van der Waals surface area contributed by atoms with Crippen LogP contribution in [0.2, 0.25) is 5.02 Å². The summed E-state index contributed by atoms with van der Waals surface area (Å²) in [6.07, 6.45) is 1.62. The van der Waals surface area contributed by atoms with Gasteiger partial charge in [-0.05, 0) is 24.3 Å². The average Bonchev–Trinajstić information content (AvgIpc) is 2.94. The van der Waals surface area contributed by atoms with E-state index in [4.69, 9.17) is 17.3 Å². The summed E-state index contributed by atoms with van der Waals surface area (Å²) in [4.78, 5) is 24.1. The highest BCUT2D eigenvalue weighted by molar-refractivity contribution is 6.34. The van der Waals surface area contributed by atoms with Gasteiger partial charge >= 0.3 is 0 Å². The number of rotatable bonds is 4. The Morgan fingerprint density at radius 1 is 1.25 bits per heavy atom. The molecule has 1 amide bonds. The van der Waals surface area contributed by atoms with Gasteiger partial charge in [-0.25, -0.2) is 0 Å². The molecule has 0 saturated heterocycles. The predicted molar refractivity (Wildman–Crippen MR) is 77.5 cm³/mol. The molecule has 0 unspecified atom stereocenters. The van der Waals surface area contributed by atoms with Gasteiger partial charge in [-0.3, -0.25) is 19.3 Å². The first-order valence-electron chi connectivity index (χ1n) is 5.99. The first-order chi connectivity index (χ1) is 9.56. The molecule has 1 aromatic carbocycles. The number of nitrogens with zero attached hydrogens (tertiary/aromatic N) is 2. The largest absolute Gasteiger partial charge is 0.322 e. The standard InChI is InChI=1S/C14H14ClN3O2/c1-17(13(19)9-16)18-8-4-7-12(18)14(20)10-5-2-3-6-11(10)15/h2-8H,9,16H2,1H3. The van der Waals surface area contributed by atoms with Gasteiger partial charge in [0.15, 0.2) is 0 Å². The number of ketones is 1. The monoisotopic (exact) mass is 291 g/mol. The molecule has 2 N–H and O–H groups in total. The minimum Gasteiger partial charge on any atom is -0.322 e. The zero-order chi connectivity index (χ0) is 14.7. The second-order valence-corrected chi connectivity index (χ2v) is 4.58. The van der Waals surface area contributed by atoms with Gasteiger partial charge in [-0.1, -0.05) is 23.7 Å². The van der Waals surface area contributed by atoms with Crippen LogP contribution >= 0.6 is 11.6 Å². The Labute approximate surface area is 121 Å². The number of likely N-dealkylation sites (N-methyl/N-ethyl adjacent to an activating group) is 1. The van der Waals surface area contributed by atoms with E-state index in [1.807, 2.05) is 0 Å². The van der Waals surface area contributed by atoms with Gasteiger partial charge in [0.25, 0.3) is 5.91 Å². The van der Waals surface area contributed by atoms with E-state index in [9.17, 15) is 9.59 Å². The summed E-state index contributed by atoms with van der Waals surface area (Å²) in [6, 6.07) is 10.1. The van der Waals surface area contributed by atoms with Gasteiger partial charge in [0.2, 0.25) is 5.78 Å². The van der Waals surface area contributed by atoms with Gasteiger partial charge in [0.05, 0.1) is 11.6 Å². The van der Waals surface area contributed by atoms with Crippen molar-refractivity contribution >= 4 is 23.3 Å². The van der Waals surface area contributed by atoms with Crippen LogP contribution in [0.5, 0.6) is 0 Å². The second kappa shape index (κ2) is 5.90. The fraction of sp³-hybridized carbons (Fsp3) is 0.143. The quantitative estimate of drug-likeness (QED) is 0.867. The Morgan fingerprint density at radius 3 is 2.60 bits per heavy atom. The van der Waals surface area contributed by atoms with E-state index in [1.165, 1.54) is 9.69 Å². The van der Waals surface area contributed by atoms with Gasteiger partial charge in [-0.2, -0.15) is 0 Å². The lowest BCUT2D eigenvalue weighted by Gasteiger charge is -2.20. The van der Waals surface area contributed by atoms with Crippen LogP contribution in [-0.4, -0.2) is 30.0 Å². The third-order valence-electron chi connectivity index (χ3n) is 2.94. The normalized spacial score (nSPS) is 10.3. The van der Waals surface area contributed by atoms with Gasteiger partial charge in [-0.15, -0.1) is 0 Å². The topological polar surface area (TPSA) is 68.3 Å². The summed E-state index contributed by atoms with van der Waals surface area (Å²) < 4.78 is 1.46. The average molecular weight is 292 g/mol. The molecule has 20 heavy (non-hydrogen) atoms. The number of hydrogen-bond acceptors (Lipinski definition) is 3. The zero-order valence-electron chi connectivity index (χ0n) is 10.9. The van der Waals surface area contributed by atoms with Crippen molar-refractivity contribution in [3.63, 3.8) is 0 Å². The lowest BCUT2D eigenvalue weighted by Crippen LogP contribution is -2.41. The SMILES string of the molecule is CN(C(=O)CN)n1cccc1C(=O)c1ccccc1Cl. The molecule has 2 rings (SSSR count). The molecule has 0 aliphatic carbocycles. The lowest BCUT2D eigenvalue weighted by atomic mass is 10.1. The van der Waals surface area contributed by atoms with Gasteiger partial charge < -0.3 is 5.73 Å². The summed E-state index contributed by atoms with van der Waals surface area (Å²) in [5.41, 5.74) is 6.07. The Morgan fingerprint density at radius 2 is 1.95 bits per heavy atom. The highest BCUT2D eigenvalue weighted by atomic mass is 35.5. The van der Waals surface area contributed by atoms with E-state index in [-0.39, 0.29) is 18.2 Å². The predicted octanol–water partition coefficient (Wildman–Crippen LogP) is 1.43. The van der Waals surface area contributed by atoms with Crippen LogP contribution < -0.4 is 10.7 Å². The second-order valence-electron chi connectivity index (χ2n) is 4.17. The summed E-state index contributed by atoms with van der Waals surface area (Å²) in [5.74, 6) is -0.549. The fourth-order valence-electron chi connectivity index (χ4n) is 1.85. The van der Waals surface area contributed by atoms with Crippen molar-refractivity contribution in [3.8, 4) is 0 Å². The Kier molecular flexibility index (Phi) is 4.22. The van der Waals surface area contributed by atoms with Crippen molar-refractivity contribution in [1.82, 2.24) is 4.68 Å². The number of hydrogen-bond donors (Lipinski definition) is 1. The molecule has 5 nitrogen and oxygen atoms in total. The number of benzene rings is 1. The van der Waals surface area contributed by atoms with Crippen molar-refractivity contribution in [2.75, 3.05) is 18.6 Å². The molecule has 1 heterocycles. The van der Waals surface area contributed by atoms with Crippen molar-refractivity contribution in [3.05, 3.63) is 58.9 Å². The van der Waals surface area contributed by atoms with E-state index in [0.717, 1.165) is 0 Å². The number of carbonyl (C=O) groups is 2. The molecule has 0 spiro atoms. The Bertz CT molecular complexity index is 651. The number of halogens is 1. The molecule has 6 heteroatoms. The number of amides is 1. The van der Waals surface area contributed by atoms with Crippen LogP contribution in [-0.2, 0) is 4.79 Å². The smallest absolute Gasteiger partial charge is 0.254 e. The Hall–Kier alpha value is -2.11. The molecule has 0 saturated carbocycles. The van der Waals surface area contributed by atoms with E-state index in [1.54, 1.807) is 49.6 Å². The maximum Gasteiger partial charge on any atom is 0.254 e. The lowest BCUT2D eigenvalue weighted by molar-refractivity contribution is -0.118. The van der Waals surface area contributed by atoms with Crippen LogP contribution in [0, 0.1) is 0 Å². The summed E-state index contributed by atoms with van der Waals surface area (Å²) in [6.45, 7) is -0.131. The molecule has 0 atom stereocenters. The summed E-state index contributed by atoms with van der Waals surface area (Å²) >= 11 is 6.03. The molecule has 0 aliphatic rings. The van der Waals surface area contributed by atoms with Crippen LogP contribution in [0.4, 0.5) is 0 Å². The first-order valence-corrected chi connectivity index (χ1v) is 6.37. The molecule has 1 aromatic heterocycles. The fourth-order valence-corrected chi connectivity index (χ4v) is 2.07. The molecule has 2 aromatic rings. The highest BCUT2D eigenvalue weighted by Crippen LogP contribution is 2.19. The molecule has 0 radical (unpaired) electrons. The van der Waals surface area contributed by atoms with E-state index in [0.29, 0.717) is 16.3 Å². The van der Waals surface area contributed by atoms with Crippen molar-refractivity contribution < 1.29 is 9.59 Å². The highest BCUT2D eigenvalue weighted by Gasteiger charge is 2.19. The maximum atomic E-state index is 12.5. The third-order valence-corrected chi connectivity index (χ3v) is 3.27. The van der Waals surface area contributed by atoms with Crippen LogP contribution in [0.15, 0.2) is 42.6 Å². The summed E-state index contributed by atoms with van der Waals surface area (Å²) in [5, 5.41) is 1.67. The molecular formula is C14H14ClN3O2. The first kappa shape index (κ1) is 14.3. The zero-order valence-corrected chi connectivity index (χ0v) is 11.7. The minimum absolute atomic E-state index is 0.131. The number of nitrogens with two attached hydrogens (primary N) is 1. The van der Waals surface area contributed by atoms with Crippen molar-refractivity contribution in [2.45, 2.75) is 0 Å². The molecule has 0 fully saturated rings. The van der Waals surface area contributed by atoms with Crippen LogP contribution in [0.25, 0.3) is 0 Å². The minimum atomic E-state index is -0.297. The van der Waals surface area contributed by atoms with Crippen molar-refractivity contribution in [1.29, 1.82) is 0 Å². The molecular weight excluding hydrogens is 278 g/mol. The van der Waals surface area contributed by atoms with E-state index < -0.39 is 0 Å². The summed E-state index contributed by atoms with van der Waals surface area (Å²) in [7, 11) is 1.55. The maximum absolute atomic E-state index is 12.5. The van der Waals surface area contributed by atoms with Crippen LogP contribution in [0.3, 0.4) is 0 Å². The van der Waals surface area contributed by atoms with E-state index in [2.05, 4.69) is 0 Å². The molecule has 0 bridgehead atoms. The number of carbonyl (C=O) groups excluding carboxylic acids is 2. The molecule has 104 valence electrons. The van der Waals surface area contributed by atoms with E-state index >= 15 is 0 Å². The van der Waals surface area contributed by atoms with Gasteiger partial charge in [0.1, 0.15) is 5.69 Å². The van der Waals surface area contributed by atoms with Crippen molar-refractivity contribution in [2.24, 2.45) is 5.73 Å². The Balaban J connectivity index is 2.40.